The summed E-state index contributed by atoms with van der Waals surface area (Å²) in [6, 6.07) is 0.755. The van der Waals surface area contributed by atoms with E-state index in [0.717, 1.165) is 25.1 Å². The number of primary amides is 1. The average molecular weight is 246 g/mol. The van der Waals surface area contributed by atoms with E-state index in [1.165, 1.54) is 0 Å². The summed E-state index contributed by atoms with van der Waals surface area (Å²) in [7, 11) is 0. The van der Waals surface area contributed by atoms with Crippen molar-refractivity contribution in [3.05, 3.63) is 23.5 Å². The molecule has 1 aromatic heterocycles. The molecule has 1 aromatic rings. The summed E-state index contributed by atoms with van der Waals surface area (Å²) in [6.07, 6.45) is -2.01. The monoisotopic (exact) mass is 246 g/mol. The smallest absolute Gasteiger partial charge is 0.418 e. The minimum atomic E-state index is -4.68. The van der Waals surface area contributed by atoms with Crippen LogP contribution < -0.4 is 10.5 Å². The molecular weight excluding hydrogens is 237 g/mol. The molecular formula is C10H9F3N2O2. The molecule has 7 heteroatoms. The SMILES string of the molecule is NC(=O)c1ncc(OC2CC2)cc1C(F)(F)F. The second-order valence-electron chi connectivity index (χ2n) is 3.75. The zero-order valence-corrected chi connectivity index (χ0v) is 8.62. The molecule has 1 aliphatic rings. The normalized spacial score (nSPS) is 15.7. The van der Waals surface area contributed by atoms with Crippen LogP contribution in [0.4, 0.5) is 13.2 Å². The third-order valence-corrected chi connectivity index (χ3v) is 2.23. The second kappa shape index (κ2) is 3.90. The van der Waals surface area contributed by atoms with Gasteiger partial charge in [0.15, 0.2) is 0 Å². The number of aromatic nitrogens is 1. The minimum Gasteiger partial charge on any atom is -0.489 e. The lowest BCUT2D eigenvalue weighted by atomic mass is 10.1. The van der Waals surface area contributed by atoms with Gasteiger partial charge in [0.05, 0.1) is 17.9 Å². The zero-order chi connectivity index (χ0) is 12.6. The number of carbonyl (C=O) groups is 1. The van der Waals surface area contributed by atoms with Crippen LogP contribution in [0.25, 0.3) is 0 Å². The van der Waals surface area contributed by atoms with Gasteiger partial charge in [0.2, 0.25) is 0 Å². The lowest BCUT2D eigenvalue weighted by Crippen LogP contribution is -2.20. The van der Waals surface area contributed by atoms with Crippen molar-refractivity contribution in [1.29, 1.82) is 0 Å². The number of pyridine rings is 1. The first kappa shape index (κ1) is 11.7. The van der Waals surface area contributed by atoms with Crippen molar-refractivity contribution in [2.24, 2.45) is 5.73 Å². The standard InChI is InChI=1S/C10H9F3N2O2/c11-10(12,13)7-3-6(17-5-1-2-5)4-15-8(7)9(14)16/h3-5H,1-2H2,(H2,14,16). The summed E-state index contributed by atoms with van der Waals surface area (Å²) in [5.74, 6) is -1.21. The van der Waals surface area contributed by atoms with Crippen LogP contribution in [0.5, 0.6) is 5.75 Å². The topological polar surface area (TPSA) is 65.2 Å². The fourth-order valence-electron chi connectivity index (χ4n) is 1.30. The summed E-state index contributed by atoms with van der Waals surface area (Å²) >= 11 is 0. The number of hydrogen-bond acceptors (Lipinski definition) is 3. The number of nitrogens with zero attached hydrogens (tertiary/aromatic N) is 1. The highest BCUT2D eigenvalue weighted by Gasteiger charge is 2.36. The predicted octanol–water partition coefficient (Wildman–Crippen LogP) is 1.74. The van der Waals surface area contributed by atoms with Crippen LogP contribution in [0, 0.1) is 0 Å². The molecule has 4 nitrogen and oxygen atoms in total. The van der Waals surface area contributed by atoms with E-state index in [9.17, 15) is 18.0 Å². The Morgan fingerprint density at radius 2 is 2.12 bits per heavy atom. The maximum absolute atomic E-state index is 12.6. The Hall–Kier alpha value is -1.79. The highest BCUT2D eigenvalue weighted by atomic mass is 19.4. The van der Waals surface area contributed by atoms with Gasteiger partial charge in [-0.2, -0.15) is 13.2 Å². The zero-order valence-electron chi connectivity index (χ0n) is 8.62. The van der Waals surface area contributed by atoms with Crippen LogP contribution >= 0.6 is 0 Å². The van der Waals surface area contributed by atoms with E-state index < -0.39 is 23.3 Å². The van der Waals surface area contributed by atoms with Crippen molar-refractivity contribution in [1.82, 2.24) is 4.98 Å². The summed E-state index contributed by atoms with van der Waals surface area (Å²) in [5.41, 5.74) is 2.88. The molecule has 0 unspecified atom stereocenters. The van der Waals surface area contributed by atoms with Gasteiger partial charge in [-0.3, -0.25) is 4.79 Å². The first-order valence-electron chi connectivity index (χ1n) is 4.91. The van der Waals surface area contributed by atoms with E-state index in [2.05, 4.69) is 4.98 Å². The Bertz CT molecular complexity index is 455. The molecule has 2 rings (SSSR count). The second-order valence-corrected chi connectivity index (χ2v) is 3.75. The molecule has 0 radical (unpaired) electrons. The van der Waals surface area contributed by atoms with Crippen molar-refractivity contribution in [2.75, 3.05) is 0 Å². The first-order valence-corrected chi connectivity index (χ1v) is 4.91. The Balaban J connectivity index is 2.38. The fourth-order valence-corrected chi connectivity index (χ4v) is 1.30. The summed E-state index contributed by atoms with van der Waals surface area (Å²) in [4.78, 5) is 14.2. The summed E-state index contributed by atoms with van der Waals surface area (Å²) < 4.78 is 43.1. The molecule has 1 heterocycles. The van der Waals surface area contributed by atoms with E-state index >= 15 is 0 Å². The largest absolute Gasteiger partial charge is 0.489 e. The van der Waals surface area contributed by atoms with Crippen LogP contribution in [-0.4, -0.2) is 17.0 Å². The van der Waals surface area contributed by atoms with Crippen LogP contribution in [0.15, 0.2) is 12.3 Å². The van der Waals surface area contributed by atoms with E-state index in [1.54, 1.807) is 0 Å². The van der Waals surface area contributed by atoms with Crippen LogP contribution in [0.1, 0.15) is 28.9 Å². The number of halogens is 3. The first-order chi connectivity index (χ1) is 7.88. The van der Waals surface area contributed by atoms with Crippen LogP contribution in [0.3, 0.4) is 0 Å². The molecule has 0 aromatic carbocycles. The van der Waals surface area contributed by atoms with Gasteiger partial charge >= 0.3 is 6.18 Å². The molecule has 0 bridgehead atoms. The molecule has 1 fully saturated rings. The number of ether oxygens (including phenoxy) is 1. The lowest BCUT2D eigenvalue weighted by Gasteiger charge is -2.12. The predicted molar refractivity (Wildman–Crippen MR) is 51.4 cm³/mol. The quantitative estimate of drug-likeness (QED) is 0.883. The van der Waals surface area contributed by atoms with Crippen molar-refractivity contribution in [2.45, 2.75) is 25.1 Å². The molecule has 0 saturated heterocycles. The van der Waals surface area contributed by atoms with Crippen LogP contribution in [-0.2, 0) is 6.18 Å². The Morgan fingerprint density at radius 3 is 2.59 bits per heavy atom. The molecule has 0 aliphatic heterocycles. The number of rotatable bonds is 3. The third-order valence-electron chi connectivity index (χ3n) is 2.23. The van der Waals surface area contributed by atoms with Crippen LogP contribution in [0.2, 0.25) is 0 Å². The van der Waals surface area contributed by atoms with Gasteiger partial charge in [-0.25, -0.2) is 4.98 Å². The number of nitrogens with two attached hydrogens (primary N) is 1. The van der Waals surface area contributed by atoms with Crippen molar-refractivity contribution >= 4 is 5.91 Å². The molecule has 0 spiro atoms. The van der Waals surface area contributed by atoms with Gasteiger partial charge in [-0.05, 0) is 18.9 Å². The molecule has 1 aliphatic carbocycles. The Labute approximate surface area is 94.6 Å². The number of hydrogen-bond donors (Lipinski definition) is 1. The highest BCUT2D eigenvalue weighted by Crippen LogP contribution is 2.34. The minimum absolute atomic E-state index is 0.00447. The summed E-state index contributed by atoms with van der Waals surface area (Å²) in [5, 5.41) is 0. The molecule has 92 valence electrons. The maximum atomic E-state index is 12.6. The van der Waals surface area contributed by atoms with Gasteiger partial charge < -0.3 is 10.5 Å². The summed E-state index contributed by atoms with van der Waals surface area (Å²) in [6.45, 7) is 0. The van der Waals surface area contributed by atoms with E-state index in [4.69, 9.17) is 10.5 Å². The molecule has 2 N–H and O–H groups in total. The number of carbonyl (C=O) groups excluding carboxylic acids is 1. The van der Waals surface area contributed by atoms with Gasteiger partial charge in [0.25, 0.3) is 5.91 Å². The average Bonchev–Trinajstić information content (AvgIpc) is 3.00. The Kier molecular flexibility index (Phi) is 2.68. The van der Waals surface area contributed by atoms with Gasteiger partial charge in [-0.15, -0.1) is 0 Å². The van der Waals surface area contributed by atoms with Gasteiger partial charge in [0, 0.05) is 0 Å². The molecule has 17 heavy (non-hydrogen) atoms. The number of alkyl halides is 3. The third kappa shape index (κ3) is 2.66. The van der Waals surface area contributed by atoms with Crippen molar-refractivity contribution < 1.29 is 22.7 Å². The maximum Gasteiger partial charge on any atom is 0.418 e. The number of amides is 1. The fraction of sp³-hybridized carbons (Fsp3) is 0.400. The highest BCUT2D eigenvalue weighted by molar-refractivity contribution is 5.92. The molecule has 1 saturated carbocycles. The lowest BCUT2D eigenvalue weighted by molar-refractivity contribution is -0.138. The van der Waals surface area contributed by atoms with Gasteiger partial charge in [0.1, 0.15) is 11.4 Å². The van der Waals surface area contributed by atoms with Gasteiger partial charge in [-0.1, -0.05) is 0 Å². The van der Waals surface area contributed by atoms with Crippen molar-refractivity contribution in [3.8, 4) is 5.75 Å². The van der Waals surface area contributed by atoms with Crippen molar-refractivity contribution in [3.63, 3.8) is 0 Å². The van der Waals surface area contributed by atoms with E-state index in [0.29, 0.717) is 0 Å². The Morgan fingerprint density at radius 1 is 1.47 bits per heavy atom. The molecule has 1 amide bonds. The molecule has 0 atom stereocenters. The van der Waals surface area contributed by atoms with E-state index in [1.807, 2.05) is 0 Å². The van der Waals surface area contributed by atoms with E-state index in [-0.39, 0.29) is 11.9 Å².